The molecule has 4 aromatic carbocycles. The highest BCUT2D eigenvalue weighted by Gasteiger charge is 2.40. The van der Waals surface area contributed by atoms with Crippen LogP contribution < -0.4 is 9.47 Å². The quantitative estimate of drug-likeness (QED) is 0.166. The third-order valence-corrected chi connectivity index (χ3v) is 5.47. The van der Waals surface area contributed by atoms with Gasteiger partial charge in [-0.2, -0.15) is 22.0 Å². The Bertz CT molecular complexity index is 1510. The maximum absolute atomic E-state index is 14.7. The predicted molar refractivity (Wildman–Crippen MR) is 118 cm³/mol. The summed E-state index contributed by atoms with van der Waals surface area (Å²) in [7, 11) is 0. The van der Waals surface area contributed by atoms with Crippen molar-refractivity contribution in [3.63, 3.8) is 0 Å². The van der Waals surface area contributed by atoms with Gasteiger partial charge < -0.3 is 9.47 Å². The Morgan fingerprint density at radius 1 is 0.564 bits per heavy atom. The number of alkyl halides is 4. The number of halogens is 10. The normalized spacial score (nSPS) is 12.0. The minimum atomic E-state index is -4.65. The van der Waals surface area contributed by atoms with E-state index in [1.165, 1.54) is 12.1 Å². The summed E-state index contributed by atoms with van der Waals surface area (Å²) in [5.41, 5.74) is -2.90. The second kappa shape index (κ2) is 10.2. The monoisotopic (exact) mass is 560 g/mol. The van der Waals surface area contributed by atoms with Crippen molar-refractivity contribution in [2.45, 2.75) is 19.1 Å². The number of hydrogen-bond acceptors (Lipinski definition) is 2. The SMILES string of the molecule is Cc1ccc(C(F)(F)Oc2ccc(C(F)(F)Oc3ccc(-c4cc(F)c(F)c(F)c4)c(F)c3F)c(F)c2)cc1. The van der Waals surface area contributed by atoms with E-state index in [4.69, 9.17) is 0 Å². The first-order valence-corrected chi connectivity index (χ1v) is 10.8. The zero-order valence-electron chi connectivity index (χ0n) is 19.4. The fourth-order valence-corrected chi connectivity index (χ4v) is 3.49. The lowest BCUT2D eigenvalue weighted by atomic mass is 10.0. The van der Waals surface area contributed by atoms with Crippen LogP contribution in [0.15, 0.2) is 66.7 Å². The van der Waals surface area contributed by atoms with Gasteiger partial charge in [-0.25, -0.2) is 22.0 Å². The fraction of sp³-hybridized carbons (Fsp3) is 0.111. The summed E-state index contributed by atoms with van der Waals surface area (Å²) in [5.74, 6) is -13.2. The highest BCUT2D eigenvalue weighted by Crippen LogP contribution is 2.39. The third-order valence-electron chi connectivity index (χ3n) is 5.47. The number of hydrogen-bond donors (Lipinski definition) is 0. The first kappa shape index (κ1) is 27.8. The molecular formula is C27H14F10O2. The Balaban J connectivity index is 1.58. The molecule has 0 saturated carbocycles. The largest absolute Gasteiger partial charge is 0.429 e. The standard InChI is InChI=1S/C27H14F10O2/c1-13-2-4-15(5-3-13)26(34,35)38-16-6-8-18(19(28)12-16)27(36,37)39-22-9-7-17(23(31)25(22)33)14-10-20(29)24(32)21(30)11-14/h2-12H,1H3. The lowest BCUT2D eigenvalue weighted by Crippen LogP contribution is -2.25. The van der Waals surface area contributed by atoms with Crippen LogP contribution in [0.25, 0.3) is 11.1 Å². The van der Waals surface area contributed by atoms with Crippen molar-refractivity contribution in [3.05, 3.63) is 118 Å². The van der Waals surface area contributed by atoms with Gasteiger partial charge in [0.05, 0.1) is 5.56 Å². The molecule has 0 radical (unpaired) electrons. The highest BCUT2D eigenvalue weighted by molar-refractivity contribution is 5.65. The van der Waals surface area contributed by atoms with Gasteiger partial charge in [0.25, 0.3) is 0 Å². The van der Waals surface area contributed by atoms with Crippen LogP contribution >= 0.6 is 0 Å². The molecule has 0 aliphatic rings. The molecule has 0 aliphatic carbocycles. The molecule has 2 nitrogen and oxygen atoms in total. The smallest absolute Gasteiger partial charge is 0.429 e. The molecule has 0 atom stereocenters. The Kier molecular flexibility index (Phi) is 7.24. The molecule has 204 valence electrons. The Morgan fingerprint density at radius 3 is 1.77 bits per heavy atom. The van der Waals surface area contributed by atoms with Crippen molar-refractivity contribution in [1.29, 1.82) is 0 Å². The summed E-state index contributed by atoms with van der Waals surface area (Å²) in [5, 5.41) is 0. The second-order valence-corrected chi connectivity index (χ2v) is 8.24. The van der Waals surface area contributed by atoms with Gasteiger partial charge in [0.1, 0.15) is 17.1 Å². The van der Waals surface area contributed by atoms with Gasteiger partial charge in [0.2, 0.25) is 5.82 Å². The molecule has 0 saturated heterocycles. The zero-order chi connectivity index (χ0) is 28.7. The summed E-state index contributed by atoms with van der Waals surface area (Å²) in [6.07, 6.45) is -8.59. The third kappa shape index (κ3) is 5.64. The van der Waals surface area contributed by atoms with E-state index in [0.29, 0.717) is 42.0 Å². The molecule has 0 bridgehead atoms. The van der Waals surface area contributed by atoms with E-state index in [-0.39, 0.29) is 6.07 Å². The van der Waals surface area contributed by atoms with Gasteiger partial charge >= 0.3 is 12.2 Å². The van der Waals surface area contributed by atoms with Gasteiger partial charge in [0, 0.05) is 11.6 Å². The van der Waals surface area contributed by atoms with Crippen molar-refractivity contribution >= 4 is 0 Å². The lowest BCUT2D eigenvalue weighted by Gasteiger charge is -2.21. The molecule has 0 heterocycles. The average Bonchev–Trinajstić information content (AvgIpc) is 2.85. The molecule has 0 aromatic heterocycles. The molecular weight excluding hydrogens is 546 g/mol. The van der Waals surface area contributed by atoms with E-state index in [1.54, 1.807) is 6.92 Å². The topological polar surface area (TPSA) is 18.5 Å². The minimum Gasteiger partial charge on any atom is -0.429 e. The summed E-state index contributed by atoms with van der Waals surface area (Å²) in [4.78, 5) is 0. The molecule has 0 N–H and O–H groups in total. The first-order valence-electron chi connectivity index (χ1n) is 10.8. The van der Waals surface area contributed by atoms with Crippen molar-refractivity contribution < 1.29 is 53.4 Å². The van der Waals surface area contributed by atoms with Crippen molar-refractivity contribution in [2.75, 3.05) is 0 Å². The van der Waals surface area contributed by atoms with Crippen LogP contribution in [-0.4, -0.2) is 0 Å². The Hall–Kier alpha value is -4.22. The summed E-state index contributed by atoms with van der Waals surface area (Å²) in [6.45, 7) is 1.65. The van der Waals surface area contributed by atoms with Crippen LogP contribution in [0.4, 0.5) is 43.9 Å². The molecule has 39 heavy (non-hydrogen) atoms. The molecule has 0 spiro atoms. The number of ether oxygens (including phenoxy) is 2. The summed E-state index contributed by atoms with van der Waals surface area (Å²) >= 11 is 0. The van der Waals surface area contributed by atoms with Gasteiger partial charge in [-0.1, -0.05) is 17.7 Å². The van der Waals surface area contributed by atoms with Crippen molar-refractivity contribution in [2.24, 2.45) is 0 Å². The number of benzene rings is 4. The van der Waals surface area contributed by atoms with Crippen LogP contribution in [0.1, 0.15) is 16.7 Å². The predicted octanol–water partition coefficient (Wildman–Crippen LogP) is 8.75. The van der Waals surface area contributed by atoms with E-state index >= 15 is 0 Å². The second-order valence-electron chi connectivity index (χ2n) is 8.24. The number of rotatable bonds is 7. The molecule has 0 amide bonds. The van der Waals surface area contributed by atoms with Crippen LogP contribution in [0.3, 0.4) is 0 Å². The van der Waals surface area contributed by atoms with Crippen LogP contribution in [0.2, 0.25) is 0 Å². The van der Waals surface area contributed by atoms with Crippen LogP contribution in [0, 0.1) is 41.8 Å². The highest BCUT2D eigenvalue weighted by atomic mass is 19.3. The van der Waals surface area contributed by atoms with Gasteiger partial charge in [0.15, 0.2) is 29.0 Å². The van der Waals surface area contributed by atoms with Crippen LogP contribution in [0.5, 0.6) is 11.5 Å². The van der Waals surface area contributed by atoms with E-state index in [0.717, 1.165) is 12.1 Å². The van der Waals surface area contributed by atoms with Gasteiger partial charge in [-0.15, -0.1) is 0 Å². The van der Waals surface area contributed by atoms with E-state index in [2.05, 4.69) is 9.47 Å². The Morgan fingerprint density at radius 2 is 1.18 bits per heavy atom. The molecule has 12 heteroatoms. The molecule has 0 aliphatic heterocycles. The van der Waals surface area contributed by atoms with Gasteiger partial charge in [-0.3, -0.25) is 0 Å². The van der Waals surface area contributed by atoms with Crippen LogP contribution in [-0.2, 0) is 12.2 Å². The first-order chi connectivity index (χ1) is 18.2. The number of aryl methyl sites for hydroxylation is 1. The van der Waals surface area contributed by atoms with E-state index in [1.807, 2.05) is 0 Å². The summed E-state index contributed by atoms with van der Waals surface area (Å²) in [6, 6.07) is 7.84. The lowest BCUT2D eigenvalue weighted by molar-refractivity contribution is -0.189. The van der Waals surface area contributed by atoms with Crippen molar-refractivity contribution in [1.82, 2.24) is 0 Å². The van der Waals surface area contributed by atoms with E-state index < -0.39 is 80.9 Å². The molecule has 4 aromatic rings. The minimum absolute atomic E-state index is 0.229. The Labute approximate surface area is 214 Å². The van der Waals surface area contributed by atoms with Crippen molar-refractivity contribution in [3.8, 4) is 22.6 Å². The average molecular weight is 560 g/mol. The van der Waals surface area contributed by atoms with E-state index in [9.17, 15) is 43.9 Å². The molecule has 0 unspecified atom stereocenters. The fourth-order valence-electron chi connectivity index (χ4n) is 3.49. The van der Waals surface area contributed by atoms with Gasteiger partial charge in [-0.05, 0) is 61.0 Å². The molecule has 0 fully saturated rings. The molecule has 4 rings (SSSR count). The maximum atomic E-state index is 14.7. The summed E-state index contributed by atoms with van der Waals surface area (Å²) < 4.78 is 150. The zero-order valence-corrected chi connectivity index (χ0v) is 19.4. The maximum Gasteiger partial charge on any atom is 0.429 e.